The van der Waals surface area contributed by atoms with Crippen molar-refractivity contribution in [1.29, 1.82) is 0 Å². The lowest BCUT2D eigenvalue weighted by atomic mass is 10.1. The van der Waals surface area contributed by atoms with Crippen LogP contribution in [0.25, 0.3) is 17.0 Å². The average Bonchev–Trinajstić information content (AvgIpc) is 3.27. The molecule has 124 valence electrons. The first kappa shape index (κ1) is 15.5. The molecule has 0 bridgehead atoms. The number of fused-ring (bicyclic) bond motifs is 1. The molecule has 1 N–H and O–H groups in total. The van der Waals surface area contributed by atoms with E-state index in [4.69, 9.17) is 0 Å². The first-order chi connectivity index (χ1) is 11.7. The van der Waals surface area contributed by atoms with Gasteiger partial charge in [0.1, 0.15) is 0 Å². The van der Waals surface area contributed by atoms with Crippen LogP contribution in [-0.4, -0.2) is 40.2 Å². The third-order valence-corrected chi connectivity index (χ3v) is 5.44. The summed E-state index contributed by atoms with van der Waals surface area (Å²) in [6.07, 6.45) is 6.53. The lowest BCUT2D eigenvalue weighted by molar-refractivity contribution is -0.115. The van der Waals surface area contributed by atoms with Crippen LogP contribution in [0.15, 0.2) is 35.4 Å². The molecule has 2 aromatic rings. The van der Waals surface area contributed by atoms with E-state index in [1.165, 1.54) is 31.4 Å². The lowest BCUT2D eigenvalue weighted by Gasteiger charge is -2.15. The Kier molecular flexibility index (Phi) is 4.16. The SMILES string of the molecule is O=C1NC(=O)/C(=C/c2cccc3c2ccn3CCN2CCCC2)S1. The van der Waals surface area contributed by atoms with Gasteiger partial charge in [-0.25, -0.2) is 0 Å². The highest BCUT2D eigenvalue weighted by molar-refractivity contribution is 8.18. The van der Waals surface area contributed by atoms with Crippen LogP contribution in [-0.2, 0) is 11.3 Å². The smallest absolute Gasteiger partial charge is 0.290 e. The van der Waals surface area contributed by atoms with Crippen molar-refractivity contribution < 1.29 is 9.59 Å². The molecule has 0 unspecified atom stereocenters. The van der Waals surface area contributed by atoms with Gasteiger partial charge in [0, 0.05) is 30.2 Å². The van der Waals surface area contributed by atoms with Gasteiger partial charge in [0.15, 0.2) is 0 Å². The Morgan fingerprint density at radius 1 is 1.12 bits per heavy atom. The molecule has 4 rings (SSSR count). The summed E-state index contributed by atoms with van der Waals surface area (Å²) in [7, 11) is 0. The summed E-state index contributed by atoms with van der Waals surface area (Å²) in [5.41, 5.74) is 2.14. The number of hydrogen-bond acceptors (Lipinski definition) is 4. The minimum Gasteiger partial charge on any atom is -0.346 e. The number of nitrogens with zero attached hydrogens (tertiary/aromatic N) is 2. The topological polar surface area (TPSA) is 54.3 Å². The van der Waals surface area contributed by atoms with Crippen LogP contribution in [0.1, 0.15) is 18.4 Å². The van der Waals surface area contributed by atoms with Crippen molar-refractivity contribution in [3.05, 3.63) is 40.9 Å². The van der Waals surface area contributed by atoms with E-state index in [1.54, 1.807) is 6.08 Å². The monoisotopic (exact) mass is 341 g/mol. The van der Waals surface area contributed by atoms with Gasteiger partial charge in [-0.2, -0.15) is 0 Å². The number of rotatable bonds is 4. The molecule has 3 heterocycles. The van der Waals surface area contributed by atoms with Gasteiger partial charge in [0.25, 0.3) is 11.1 Å². The highest BCUT2D eigenvalue weighted by Gasteiger charge is 2.25. The molecule has 0 radical (unpaired) electrons. The van der Waals surface area contributed by atoms with Crippen molar-refractivity contribution in [2.75, 3.05) is 19.6 Å². The first-order valence-electron chi connectivity index (χ1n) is 8.26. The molecule has 0 saturated carbocycles. The average molecular weight is 341 g/mol. The first-order valence-corrected chi connectivity index (χ1v) is 9.07. The van der Waals surface area contributed by atoms with E-state index in [2.05, 4.69) is 33.1 Å². The van der Waals surface area contributed by atoms with E-state index in [-0.39, 0.29) is 11.1 Å². The fraction of sp³-hybridized carbons (Fsp3) is 0.333. The summed E-state index contributed by atoms with van der Waals surface area (Å²) >= 11 is 0.959. The van der Waals surface area contributed by atoms with Gasteiger partial charge < -0.3 is 9.47 Å². The Bertz CT molecular complexity index is 834. The summed E-state index contributed by atoms with van der Waals surface area (Å²) in [6.45, 7) is 4.45. The molecule has 0 atom stereocenters. The predicted octanol–water partition coefficient (Wildman–Crippen LogP) is 3.06. The van der Waals surface area contributed by atoms with E-state index in [9.17, 15) is 9.59 Å². The van der Waals surface area contributed by atoms with Gasteiger partial charge in [0.05, 0.1) is 4.91 Å². The van der Waals surface area contributed by atoms with Gasteiger partial charge in [-0.15, -0.1) is 0 Å². The Morgan fingerprint density at radius 2 is 1.96 bits per heavy atom. The third-order valence-electron chi connectivity index (χ3n) is 4.63. The van der Waals surface area contributed by atoms with Gasteiger partial charge in [-0.3, -0.25) is 14.9 Å². The fourth-order valence-corrected chi connectivity index (χ4v) is 4.06. The van der Waals surface area contributed by atoms with E-state index >= 15 is 0 Å². The van der Waals surface area contributed by atoms with E-state index in [0.717, 1.165) is 35.8 Å². The molecule has 1 aromatic carbocycles. The maximum absolute atomic E-state index is 11.7. The zero-order valence-electron chi connectivity index (χ0n) is 13.3. The number of amides is 2. The van der Waals surface area contributed by atoms with Crippen LogP contribution in [0.3, 0.4) is 0 Å². The number of nitrogens with one attached hydrogen (secondary N) is 1. The Morgan fingerprint density at radius 3 is 2.71 bits per heavy atom. The molecule has 24 heavy (non-hydrogen) atoms. The van der Waals surface area contributed by atoms with Crippen molar-refractivity contribution in [2.24, 2.45) is 0 Å². The number of hydrogen-bond donors (Lipinski definition) is 1. The predicted molar refractivity (Wildman–Crippen MR) is 96.7 cm³/mol. The fourth-order valence-electron chi connectivity index (χ4n) is 3.39. The van der Waals surface area contributed by atoms with Gasteiger partial charge in [0.2, 0.25) is 0 Å². The van der Waals surface area contributed by atoms with Crippen LogP contribution >= 0.6 is 11.8 Å². The summed E-state index contributed by atoms with van der Waals surface area (Å²) in [4.78, 5) is 26.0. The Balaban J connectivity index is 1.60. The quantitative estimate of drug-likeness (QED) is 0.869. The molecule has 5 nitrogen and oxygen atoms in total. The van der Waals surface area contributed by atoms with Crippen LogP contribution in [0.5, 0.6) is 0 Å². The number of aromatic nitrogens is 1. The van der Waals surface area contributed by atoms with Crippen LogP contribution in [0.2, 0.25) is 0 Å². The van der Waals surface area contributed by atoms with Crippen LogP contribution in [0, 0.1) is 0 Å². The Hall–Kier alpha value is -2.05. The summed E-state index contributed by atoms with van der Waals surface area (Å²) in [5, 5.41) is 3.10. The van der Waals surface area contributed by atoms with Gasteiger partial charge >= 0.3 is 0 Å². The summed E-state index contributed by atoms with van der Waals surface area (Å²) in [5.74, 6) is -0.310. The minimum atomic E-state index is -0.310. The molecule has 0 aliphatic carbocycles. The zero-order valence-corrected chi connectivity index (χ0v) is 14.1. The van der Waals surface area contributed by atoms with E-state index < -0.39 is 0 Å². The molecule has 2 saturated heterocycles. The van der Waals surface area contributed by atoms with Crippen LogP contribution < -0.4 is 5.32 Å². The normalized spacial score (nSPS) is 20.4. The molecule has 2 aliphatic heterocycles. The third kappa shape index (κ3) is 2.99. The summed E-state index contributed by atoms with van der Waals surface area (Å²) in [6, 6.07) is 8.18. The molecule has 6 heteroatoms. The molecule has 2 fully saturated rings. The molecule has 1 aromatic heterocycles. The number of benzene rings is 1. The number of thioether (sulfide) groups is 1. The van der Waals surface area contributed by atoms with Crippen molar-refractivity contribution in [1.82, 2.24) is 14.8 Å². The number of carbonyl (C=O) groups is 2. The van der Waals surface area contributed by atoms with Crippen molar-refractivity contribution in [2.45, 2.75) is 19.4 Å². The van der Waals surface area contributed by atoms with Crippen molar-refractivity contribution in [3.63, 3.8) is 0 Å². The second-order valence-corrected chi connectivity index (χ2v) is 7.20. The molecule has 2 amide bonds. The van der Waals surface area contributed by atoms with Crippen molar-refractivity contribution >= 4 is 39.9 Å². The largest absolute Gasteiger partial charge is 0.346 e. The lowest BCUT2D eigenvalue weighted by Crippen LogP contribution is -2.23. The standard InChI is InChI=1S/C18H19N3O2S/c22-17-16(24-18(23)19-17)12-13-4-3-5-15-14(13)6-9-21(15)11-10-20-7-1-2-8-20/h3-6,9,12H,1-2,7-8,10-11H2,(H,19,22,23)/b16-12-. The zero-order chi connectivity index (χ0) is 16.5. The van der Waals surface area contributed by atoms with Crippen LogP contribution in [0.4, 0.5) is 4.79 Å². The molecule has 2 aliphatic rings. The highest BCUT2D eigenvalue weighted by atomic mass is 32.2. The minimum absolute atomic E-state index is 0.304. The number of carbonyl (C=O) groups excluding carboxylic acids is 2. The number of likely N-dealkylation sites (tertiary alicyclic amines) is 1. The molecule has 0 spiro atoms. The second-order valence-electron chi connectivity index (χ2n) is 6.19. The maximum atomic E-state index is 11.7. The van der Waals surface area contributed by atoms with Crippen molar-refractivity contribution in [3.8, 4) is 0 Å². The van der Waals surface area contributed by atoms with Gasteiger partial charge in [-0.05, 0) is 61.5 Å². The number of imide groups is 1. The Labute approximate surface area is 144 Å². The summed E-state index contributed by atoms with van der Waals surface area (Å²) < 4.78 is 2.27. The van der Waals surface area contributed by atoms with E-state index in [0.29, 0.717) is 4.91 Å². The highest BCUT2D eigenvalue weighted by Crippen LogP contribution is 2.29. The van der Waals surface area contributed by atoms with E-state index in [1.807, 2.05) is 12.1 Å². The second kappa shape index (κ2) is 6.45. The molecular weight excluding hydrogens is 322 g/mol. The van der Waals surface area contributed by atoms with Gasteiger partial charge in [-0.1, -0.05) is 12.1 Å². The maximum Gasteiger partial charge on any atom is 0.290 e. The molecular formula is C18H19N3O2S.